The summed E-state index contributed by atoms with van der Waals surface area (Å²) in [6.45, 7) is -0.473. The van der Waals surface area contributed by atoms with Crippen LogP contribution >= 0.6 is 0 Å². The van der Waals surface area contributed by atoms with Gasteiger partial charge >= 0.3 is 0 Å². The maximum atomic E-state index is 13.3. The van der Waals surface area contributed by atoms with Crippen LogP contribution in [-0.4, -0.2) is 69.2 Å². The van der Waals surface area contributed by atoms with Crippen LogP contribution in [0.4, 0.5) is 5.69 Å². The van der Waals surface area contributed by atoms with E-state index in [2.05, 4.69) is 0 Å². The molecule has 2 saturated heterocycles. The van der Waals surface area contributed by atoms with Gasteiger partial charge in [-0.2, -0.15) is 0 Å². The lowest BCUT2D eigenvalue weighted by atomic mass is 9.78. The summed E-state index contributed by atoms with van der Waals surface area (Å²) in [6.07, 6.45) is -4.88. The van der Waals surface area contributed by atoms with E-state index in [0.29, 0.717) is 12.0 Å². The Hall–Kier alpha value is -3.40. The Labute approximate surface area is 227 Å². The van der Waals surface area contributed by atoms with Crippen LogP contribution < -0.4 is 4.90 Å². The lowest BCUT2D eigenvalue weighted by Gasteiger charge is -2.47. The van der Waals surface area contributed by atoms with Crippen LogP contribution in [0.2, 0.25) is 0 Å². The topological polar surface area (TPSA) is 128 Å². The molecule has 0 bridgehead atoms. The fourth-order valence-corrected chi connectivity index (χ4v) is 5.57. The van der Waals surface area contributed by atoms with E-state index in [1.807, 2.05) is 72.8 Å². The number of amides is 1. The Morgan fingerprint density at radius 3 is 2.05 bits per heavy atom. The number of aliphatic hydroxyl groups is 4. The molecule has 4 N–H and O–H groups in total. The second-order valence-corrected chi connectivity index (χ2v) is 10.2. The molecule has 2 heterocycles. The van der Waals surface area contributed by atoms with Gasteiger partial charge in [0.2, 0.25) is 5.91 Å². The zero-order valence-electron chi connectivity index (χ0n) is 21.4. The van der Waals surface area contributed by atoms with Gasteiger partial charge < -0.3 is 30.1 Å². The number of para-hydroxylation sites is 1. The first-order chi connectivity index (χ1) is 18.9. The molecule has 2 aliphatic rings. The van der Waals surface area contributed by atoms with Crippen LogP contribution in [-0.2, 0) is 16.0 Å². The number of carbonyl (C=O) groups excluding carboxylic acids is 2. The molecular formula is C31H33NO7. The molecule has 0 aromatic heterocycles. The Morgan fingerprint density at radius 1 is 0.795 bits per heavy atom. The minimum Gasteiger partial charge on any atom is -0.394 e. The standard InChI is InChI=1S/C31H33NO7/c33-18-26-29(36)30(37)28(35)25(39-26)17-19-11-13-21(14-12-19)27-23(15-16-24(34)20-7-3-1-4-8-20)31(38)32(27)22-9-5-2-6-10-22/h1-14,23,25-30,33,35-37H,15-18H2. The fraction of sp³-hybridized carbons (Fsp3) is 0.355. The molecule has 7 unspecified atom stereocenters. The summed E-state index contributed by atoms with van der Waals surface area (Å²) in [5.74, 6) is -0.346. The Morgan fingerprint density at radius 2 is 1.41 bits per heavy atom. The average Bonchev–Trinajstić information content (AvgIpc) is 2.97. The molecule has 5 rings (SSSR count). The molecule has 2 fully saturated rings. The lowest BCUT2D eigenvalue weighted by molar-refractivity contribution is -0.228. The van der Waals surface area contributed by atoms with Crippen molar-refractivity contribution in [2.75, 3.05) is 11.5 Å². The van der Waals surface area contributed by atoms with E-state index < -0.39 is 37.1 Å². The highest BCUT2D eigenvalue weighted by Gasteiger charge is 2.48. The summed E-state index contributed by atoms with van der Waals surface area (Å²) in [7, 11) is 0. The van der Waals surface area contributed by atoms with E-state index in [1.165, 1.54) is 0 Å². The third kappa shape index (κ3) is 5.52. The van der Waals surface area contributed by atoms with Crippen molar-refractivity contribution in [2.45, 2.75) is 55.8 Å². The number of hydrogen-bond acceptors (Lipinski definition) is 7. The van der Waals surface area contributed by atoms with Crippen LogP contribution in [0.5, 0.6) is 0 Å². The quantitative estimate of drug-likeness (QED) is 0.247. The van der Waals surface area contributed by atoms with Gasteiger partial charge in [0.05, 0.1) is 24.7 Å². The number of nitrogens with zero attached hydrogens (tertiary/aromatic N) is 1. The zero-order chi connectivity index (χ0) is 27.5. The largest absolute Gasteiger partial charge is 0.394 e. The van der Waals surface area contributed by atoms with E-state index in [9.17, 15) is 30.0 Å². The number of anilines is 1. The predicted molar refractivity (Wildman–Crippen MR) is 144 cm³/mol. The molecule has 7 atom stereocenters. The van der Waals surface area contributed by atoms with Gasteiger partial charge in [-0.1, -0.05) is 72.8 Å². The lowest BCUT2D eigenvalue weighted by Crippen LogP contribution is -2.59. The number of ether oxygens (including phenoxy) is 1. The number of ketones is 1. The van der Waals surface area contributed by atoms with Gasteiger partial charge in [0.15, 0.2) is 5.78 Å². The van der Waals surface area contributed by atoms with Crippen molar-refractivity contribution in [1.29, 1.82) is 0 Å². The molecule has 3 aromatic carbocycles. The number of aliphatic hydroxyl groups excluding tert-OH is 4. The Balaban J connectivity index is 1.33. The Kier molecular flexibility index (Phi) is 8.20. The van der Waals surface area contributed by atoms with Gasteiger partial charge in [0, 0.05) is 24.1 Å². The van der Waals surface area contributed by atoms with Gasteiger partial charge in [-0.25, -0.2) is 0 Å². The third-order valence-corrected chi connectivity index (χ3v) is 7.78. The van der Waals surface area contributed by atoms with Crippen LogP contribution in [0.3, 0.4) is 0 Å². The highest BCUT2D eigenvalue weighted by atomic mass is 16.5. The predicted octanol–water partition coefficient (Wildman–Crippen LogP) is 2.44. The molecule has 0 spiro atoms. The van der Waals surface area contributed by atoms with Gasteiger partial charge in [-0.15, -0.1) is 0 Å². The van der Waals surface area contributed by atoms with E-state index in [4.69, 9.17) is 4.74 Å². The van der Waals surface area contributed by atoms with Gasteiger partial charge in [0.1, 0.15) is 24.4 Å². The minimum absolute atomic E-state index is 0.00943. The van der Waals surface area contributed by atoms with Crippen molar-refractivity contribution in [2.24, 2.45) is 5.92 Å². The number of benzene rings is 3. The van der Waals surface area contributed by atoms with Crippen molar-refractivity contribution in [3.8, 4) is 0 Å². The van der Waals surface area contributed by atoms with Crippen molar-refractivity contribution >= 4 is 17.4 Å². The average molecular weight is 532 g/mol. The van der Waals surface area contributed by atoms with Crippen LogP contribution in [0.25, 0.3) is 0 Å². The van der Waals surface area contributed by atoms with E-state index in [0.717, 1.165) is 16.8 Å². The molecule has 204 valence electrons. The first-order valence-electron chi connectivity index (χ1n) is 13.2. The number of carbonyl (C=O) groups is 2. The minimum atomic E-state index is -1.42. The van der Waals surface area contributed by atoms with Crippen LogP contribution in [0.1, 0.15) is 40.4 Å². The first kappa shape index (κ1) is 27.2. The first-order valence-corrected chi connectivity index (χ1v) is 13.2. The fourth-order valence-electron chi connectivity index (χ4n) is 5.57. The molecule has 3 aromatic rings. The molecular weight excluding hydrogens is 498 g/mol. The number of rotatable bonds is 9. The zero-order valence-corrected chi connectivity index (χ0v) is 21.4. The molecule has 0 aliphatic carbocycles. The molecule has 8 heteroatoms. The number of Topliss-reactive ketones (excluding diaryl/α,β-unsaturated/α-hetero) is 1. The van der Waals surface area contributed by atoms with E-state index in [-0.39, 0.29) is 36.5 Å². The second-order valence-electron chi connectivity index (χ2n) is 10.2. The summed E-state index contributed by atoms with van der Waals surface area (Å²) in [6, 6.07) is 25.9. The normalized spacial score (nSPS) is 28.7. The highest BCUT2D eigenvalue weighted by Crippen LogP contribution is 2.45. The summed E-state index contributed by atoms with van der Waals surface area (Å²) in [5, 5.41) is 40.0. The Bertz CT molecular complexity index is 1270. The SMILES string of the molecule is O=C(CCC1C(=O)N(c2ccccc2)C1c1ccc(CC2OC(CO)C(O)C(O)C2O)cc1)c1ccccc1. The van der Waals surface area contributed by atoms with Crippen molar-refractivity contribution in [3.63, 3.8) is 0 Å². The van der Waals surface area contributed by atoms with Gasteiger partial charge in [-0.3, -0.25) is 9.59 Å². The highest BCUT2D eigenvalue weighted by molar-refractivity contribution is 6.04. The number of hydrogen-bond donors (Lipinski definition) is 4. The maximum Gasteiger partial charge on any atom is 0.233 e. The maximum absolute atomic E-state index is 13.3. The molecule has 0 saturated carbocycles. The molecule has 0 radical (unpaired) electrons. The van der Waals surface area contributed by atoms with Crippen molar-refractivity contribution in [3.05, 3.63) is 102 Å². The number of β-lactam (4-membered cyclic amide) rings is 1. The van der Waals surface area contributed by atoms with Gasteiger partial charge in [0.25, 0.3) is 0 Å². The summed E-state index contributed by atoms with van der Waals surface area (Å²) in [4.78, 5) is 27.8. The van der Waals surface area contributed by atoms with Crippen LogP contribution in [0, 0.1) is 5.92 Å². The smallest absolute Gasteiger partial charge is 0.233 e. The molecule has 2 aliphatic heterocycles. The van der Waals surface area contributed by atoms with Crippen molar-refractivity contribution < 1.29 is 34.8 Å². The van der Waals surface area contributed by atoms with Gasteiger partial charge in [-0.05, 0) is 29.7 Å². The van der Waals surface area contributed by atoms with E-state index in [1.54, 1.807) is 17.0 Å². The summed E-state index contributed by atoms with van der Waals surface area (Å²) in [5.41, 5.74) is 3.19. The van der Waals surface area contributed by atoms with E-state index >= 15 is 0 Å². The molecule has 1 amide bonds. The summed E-state index contributed by atoms with van der Waals surface area (Å²) < 4.78 is 5.65. The molecule has 8 nitrogen and oxygen atoms in total. The second kappa shape index (κ2) is 11.8. The summed E-state index contributed by atoms with van der Waals surface area (Å²) >= 11 is 0. The monoisotopic (exact) mass is 531 g/mol. The van der Waals surface area contributed by atoms with Crippen molar-refractivity contribution in [1.82, 2.24) is 0 Å². The molecule has 39 heavy (non-hydrogen) atoms. The van der Waals surface area contributed by atoms with Crippen LogP contribution in [0.15, 0.2) is 84.9 Å². The third-order valence-electron chi connectivity index (χ3n) is 7.78.